The fourth-order valence-corrected chi connectivity index (χ4v) is 6.44. The van der Waals surface area contributed by atoms with Crippen molar-refractivity contribution in [3.8, 4) is 0 Å². The molecule has 0 unspecified atom stereocenters. The monoisotopic (exact) mass is 511 g/mol. The molecule has 202 valence electrons. The van der Waals surface area contributed by atoms with Crippen LogP contribution in [0.15, 0.2) is 24.3 Å². The number of hydrogen-bond acceptors (Lipinski definition) is 6. The molecule has 0 spiro atoms. The Balaban J connectivity index is 1.22. The number of likely N-dealkylation sites (tertiary alicyclic amines) is 2. The van der Waals surface area contributed by atoms with E-state index in [-0.39, 0.29) is 42.8 Å². The number of ketones is 1. The van der Waals surface area contributed by atoms with Gasteiger partial charge in [-0.15, -0.1) is 0 Å². The number of benzene rings is 1. The van der Waals surface area contributed by atoms with E-state index < -0.39 is 18.2 Å². The molecule has 0 aromatic heterocycles. The van der Waals surface area contributed by atoms with Crippen molar-refractivity contribution in [3.63, 3.8) is 0 Å². The molecule has 0 bridgehead atoms. The fraction of sp³-hybridized carbons (Fsp3) is 0.690. The van der Waals surface area contributed by atoms with Gasteiger partial charge in [-0.1, -0.05) is 32.4 Å². The molecular weight excluding hydrogens is 470 g/mol. The predicted octanol–water partition coefficient (Wildman–Crippen LogP) is 2.76. The van der Waals surface area contributed by atoms with Crippen LogP contribution in [0.2, 0.25) is 0 Å². The lowest BCUT2D eigenvalue weighted by Gasteiger charge is -2.42. The number of ether oxygens (including phenoxy) is 2. The summed E-state index contributed by atoms with van der Waals surface area (Å²) >= 11 is 0. The number of Topliss-reactive ketones (excluding diaryl/α,β-unsaturated/α-hetero) is 1. The van der Waals surface area contributed by atoms with Crippen LogP contribution in [0.1, 0.15) is 74.2 Å². The Morgan fingerprint density at radius 3 is 2.41 bits per heavy atom. The number of rotatable bonds is 8. The van der Waals surface area contributed by atoms with Crippen molar-refractivity contribution < 1.29 is 23.9 Å². The van der Waals surface area contributed by atoms with Gasteiger partial charge < -0.3 is 24.6 Å². The van der Waals surface area contributed by atoms with E-state index in [1.165, 1.54) is 24.8 Å². The third-order valence-corrected chi connectivity index (χ3v) is 8.80. The maximum absolute atomic E-state index is 13.6. The van der Waals surface area contributed by atoms with Crippen molar-refractivity contribution in [3.05, 3.63) is 35.4 Å². The molecule has 3 heterocycles. The number of hydrogen-bond donors (Lipinski definition) is 1. The van der Waals surface area contributed by atoms with Gasteiger partial charge in [-0.25, -0.2) is 0 Å². The number of fused-ring (bicyclic) bond motifs is 1. The molecule has 5 rings (SSSR count). The van der Waals surface area contributed by atoms with Gasteiger partial charge in [-0.2, -0.15) is 0 Å². The Labute approximate surface area is 220 Å². The summed E-state index contributed by atoms with van der Waals surface area (Å²) in [6.07, 6.45) is 6.11. The van der Waals surface area contributed by atoms with Crippen molar-refractivity contribution in [2.24, 2.45) is 5.92 Å². The highest BCUT2D eigenvalue weighted by Gasteiger charge is 2.53. The summed E-state index contributed by atoms with van der Waals surface area (Å²) in [5.41, 5.74) is 1.83. The smallest absolute Gasteiger partial charge is 0.251 e. The van der Waals surface area contributed by atoms with Gasteiger partial charge in [0, 0.05) is 18.7 Å². The van der Waals surface area contributed by atoms with Crippen LogP contribution in [0.25, 0.3) is 0 Å². The Morgan fingerprint density at radius 2 is 1.81 bits per heavy atom. The van der Waals surface area contributed by atoms with Crippen molar-refractivity contribution >= 4 is 17.6 Å². The van der Waals surface area contributed by atoms with Crippen molar-refractivity contribution in [1.29, 1.82) is 0 Å². The van der Waals surface area contributed by atoms with E-state index in [1.807, 2.05) is 26.0 Å². The molecule has 1 aromatic carbocycles. The van der Waals surface area contributed by atoms with E-state index in [0.29, 0.717) is 17.9 Å². The Bertz CT molecular complexity index is 984. The number of carbonyl (C=O) groups excluding carboxylic acids is 3. The summed E-state index contributed by atoms with van der Waals surface area (Å²) in [4.78, 5) is 43.5. The number of nitrogens with one attached hydrogen (secondary N) is 1. The molecule has 0 radical (unpaired) electrons. The Kier molecular flexibility index (Phi) is 7.98. The highest BCUT2D eigenvalue weighted by Crippen LogP contribution is 2.33. The molecule has 1 aliphatic carbocycles. The number of piperidine rings is 1. The average Bonchev–Trinajstić information content (AvgIpc) is 3.43. The summed E-state index contributed by atoms with van der Waals surface area (Å²) in [5, 5.41) is 2.97. The van der Waals surface area contributed by atoms with Crippen LogP contribution in [-0.2, 0) is 19.1 Å². The van der Waals surface area contributed by atoms with E-state index in [0.717, 1.165) is 32.0 Å². The van der Waals surface area contributed by atoms with Gasteiger partial charge in [0.25, 0.3) is 5.91 Å². The zero-order valence-electron chi connectivity index (χ0n) is 22.4. The van der Waals surface area contributed by atoms with Crippen LogP contribution in [0.5, 0.6) is 0 Å². The van der Waals surface area contributed by atoms with Gasteiger partial charge in [0.1, 0.15) is 30.9 Å². The lowest BCUT2D eigenvalue weighted by molar-refractivity contribution is -0.138. The van der Waals surface area contributed by atoms with Crippen LogP contribution in [0.4, 0.5) is 0 Å². The van der Waals surface area contributed by atoms with E-state index in [1.54, 1.807) is 12.0 Å². The fourth-order valence-electron chi connectivity index (χ4n) is 6.44. The number of methoxy groups -OCH3 is 1. The highest BCUT2D eigenvalue weighted by atomic mass is 16.5. The lowest BCUT2D eigenvalue weighted by atomic mass is 9.85. The molecule has 37 heavy (non-hydrogen) atoms. The first-order valence-electron chi connectivity index (χ1n) is 14.0. The average molecular weight is 512 g/mol. The van der Waals surface area contributed by atoms with Crippen molar-refractivity contribution in [2.75, 3.05) is 33.4 Å². The summed E-state index contributed by atoms with van der Waals surface area (Å²) in [6, 6.07) is 7.34. The Morgan fingerprint density at radius 1 is 1.11 bits per heavy atom. The van der Waals surface area contributed by atoms with Gasteiger partial charge in [-0.05, 0) is 74.7 Å². The van der Waals surface area contributed by atoms with Crippen molar-refractivity contribution in [2.45, 2.75) is 88.6 Å². The molecule has 3 aliphatic heterocycles. The van der Waals surface area contributed by atoms with Crippen LogP contribution in [0, 0.1) is 5.92 Å². The molecular formula is C29H41N3O5. The van der Waals surface area contributed by atoms with Crippen LogP contribution < -0.4 is 5.32 Å². The second kappa shape index (κ2) is 11.2. The molecule has 8 heteroatoms. The molecule has 8 nitrogen and oxygen atoms in total. The first kappa shape index (κ1) is 26.3. The lowest BCUT2D eigenvalue weighted by Crippen LogP contribution is -2.52. The first-order chi connectivity index (χ1) is 17.9. The van der Waals surface area contributed by atoms with Gasteiger partial charge >= 0.3 is 0 Å². The maximum atomic E-state index is 13.6. The maximum Gasteiger partial charge on any atom is 0.251 e. The normalized spacial score (nSPS) is 27.8. The molecule has 4 aliphatic rings. The van der Waals surface area contributed by atoms with Gasteiger partial charge in [0.05, 0.1) is 6.54 Å². The second-order valence-electron chi connectivity index (χ2n) is 11.6. The quantitative estimate of drug-likeness (QED) is 0.578. The summed E-state index contributed by atoms with van der Waals surface area (Å²) in [6.45, 7) is 6.64. The predicted molar refractivity (Wildman–Crippen MR) is 139 cm³/mol. The minimum Gasteiger partial charge on any atom is -0.377 e. The van der Waals surface area contributed by atoms with E-state index in [4.69, 9.17) is 9.47 Å². The van der Waals surface area contributed by atoms with Crippen LogP contribution in [0.3, 0.4) is 0 Å². The number of nitrogens with zero attached hydrogens (tertiary/aromatic N) is 2. The van der Waals surface area contributed by atoms with Crippen LogP contribution >= 0.6 is 0 Å². The minimum atomic E-state index is -0.715. The first-order valence-corrected chi connectivity index (χ1v) is 14.0. The van der Waals surface area contributed by atoms with E-state index in [2.05, 4.69) is 22.3 Å². The van der Waals surface area contributed by atoms with E-state index >= 15 is 0 Å². The van der Waals surface area contributed by atoms with Crippen molar-refractivity contribution in [1.82, 2.24) is 15.1 Å². The molecule has 1 saturated carbocycles. The largest absolute Gasteiger partial charge is 0.377 e. The second-order valence-corrected chi connectivity index (χ2v) is 11.6. The number of carbonyl (C=O) groups is 3. The summed E-state index contributed by atoms with van der Waals surface area (Å²) in [7, 11) is 1.57. The third-order valence-electron chi connectivity index (χ3n) is 8.80. The number of amides is 2. The molecule has 3 saturated heterocycles. The van der Waals surface area contributed by atoms with Gasteiger partial charge in [0.2, 0.25) is 5.91 Å². The summed E-state index contributed by atoms with van der Waals surface area (Å²) in [5.74, 6) is 0.103. The SMILES string of the molecule is CO[C@H]1CN(C(=O)[C@H](CC(C)C)NC(=O)c2ccc(C3CCN(C4CCC4)CC3)cc2)[C@@H]2C(=O)CO[C@H]12. The molecule has 1 aromatic rings. The van der Waals surface area contributed by atoms with E-state index in [9.17, 15) is 14.4 Å². The van der Waals surface area contributed by atoms with Gasteiger partial charge in [0.15, 0.2) is 5.78 Å². The molecule has 1 N–H and O–H groups in total. The zero-order valence-corrected chi connectivity index (χ0v) is 22.4. The molecule has 2 amide bonds. The zero-order chi connectivity index (χ0) is 26.1. The van der Waals surface area contributed by atoms with Gasteiger partial charge in [-0.3, -0.25) is 14.4 Å². The Hall–Kier alpha value is -2.29. The third kappa shape index (κ3) is 5.47. The molecule has 4 atom stereocenters. The van der Waals surface area contributed by atoms with Crippen LogP contribution in [-0.4, -0.2) is 91.1 Å². The standard InChI is InChI=1S/C29H41N3O5/c1-18(2)15-23(29(35)32-16-25(36-3)27-26(32)24(33)17-37-27)30-28(34)21-9-7-19(8-10-21)20-11-13-31(14-12-20)22-5-4-6-22/h7-10,18,20,22-23,25-27H,4-6,11-17H2,1-3H3,(H,30,34)/t23-,25-,26+,27+/m0/s1. The summed E-state index contributed by atoms with van der Waals surface area (Å²) < 4.78 is 11.1. The molecule has 4 fully saturated rings. The highest BCUT2D eigenvalue weighted by molar-refractivity contribution is 5.99. The minimum absolute atomic E-state index is 0.00780. The topological polar surface area (TPSA) is 88.2 Å².